The van der Waals surface area contributed by atoms with Crippen molar-refractivity contribution in [2.75, 3.05) is 0 Å². The van der Waals surface area contributed by atoms with E-state index in [1.807, 2.05) is 0 Å². The van der Waals surface area contributed by atoms with Gasteiger partial charge in [0.15, 0.2) is 5.96 Å². The molecule has 4 rings (SSSR count). The number of allylic oxidation sites excluding steroid dienone is 4. The van der Waals surface area contributed by atoms with Crippen LogP contribution in [-0.2, 0) is 6.54 Å². The second-order valence-corrected chi connectivity index (χ2v) is 6.18. The van der Waals surface area contributed by atoms with Gasteiger partial charge in [-0.05, 0) is 16.3 Å². The number of nitrogens with one attached hydrogen (secondary N) is 2. The van der Waals surface area contributed by atoms with Crippen molar-refractivity contribution in [2.24, 2.45) is 4.99 Å². The zero-order valence-electron chi connectivity index (χ0n) is 14.0. The van der Waals surface area contributed by atoms with Crippen LogP contribution in [0.25, 0.3) is 10.8 Å². The maximum atomic E-state index is 4.83. The van der Waals surface area contributed by atoms with Crippen molar-refractivity contribution < 1.29 is 0 Å². The molecule has 0 saturated carbocycles. The number of rotatable bonds is 4. The molecule has 124 valence electrons. The van der Waals surface area contributed by atoms with Crippen molar-refractivity contribution in [1.82, 2.24) is 10.6 Å². The molecule has 0 amide bonds. The number of guanidine groups is 1. The molecule has 0 unspecified atom stereocenters. The molecule has 2 aromatic carbocycles. The van der Waals surface area contributed by atoms with Gasteiger partial charge in [0.05, 0.1) is 18.6 Å². The third kappa shape index (κ3) is 3.72. The average Bonchev–Trinajstić information content (AvgIpc) is 3.34. The highest BCUT2D eigenvalue weighted by atomic mass is 15.2. The first-order chi connectivity index (χ1) is 12.4. The molecule has 0 heterocycles. The maximum absolute atomic E-state index is 4.83. The quantitative estimate of drug-likeness (QED) is 0.661. The lowest BCUT2D eigenvalue weighted by atomic mass is 10.1. The zero-order valence-corrected chi connectivity index (χ0v) is 14.0. The molecule has 0 aromatic heterocycles. The molecule has 0 atom stereocenters. The Bertz CT molecular complexity index is 841. The van der Waals surface area contributed by atoms with Crippen LogP contribution in [0.4, 0.5) is 0 Å². The molecule has 0 radical (unpaired) electrons. The minimum absolute atomic E-state index is 0.188. The summed E-state index contributed by atoms with van der Waals surface area (Å²) in [5, 5.41) is 9.43. The van der Waals surface area contributed by atoms with Gasteiger partial charge in [-0.25, -0.2) is 4.99 Å². The lowest BCUT2D eigenvalue weighted by Crippen LogP contribution is -2.44. The van der Waals surface area contributed by atoms with E-state index < -0.39 is 0 Å². The largest absolute Gasteiger partial charge is 0.347 e. The van der Waals surface area contributed by atoms with Gasteiger partial charge in [-0.3, -0.25) is 0 Å². The van der Waals surface area contributed by atoms with Crippen LogP contribution in [0.15, 0.2) is 96.1 Å². The number of fused-ring (bicyclic) bond motifs is 1. The highest BCUT2D eigenvalue weighted by Crippen LogP contribution is 2.19. The molecule has 0 fully saturated rings. The van der Waals surface area contributed by atoms with Crippen molar-refractivity contribution in [1.29, 1.82) is 0 Å². The molecule has 2 aliphatic carbocycles. The molecule has 2 N–H and O–H groups in total. The van der Waals surface area contributed by atoms with E-state index in [-0.39, 0.29) is 12.1 Å². The Hall–Kier alpha value is -3.07. The third-order valence-electron chi connectivity index (χ3n) is 4.39. The number of hydrogen-bond donors (Lipinski definition) is 2. The van der Waals surface area contributed by atoms with E-state index in [1.54, 1.807) is 0 Å². The molecule has 3 nitrogen and oxygen atoms in total. The van der Waals surface area contributed by atoms with E-state index in [2.05, 4.69) is 102 Å². The van der Waals surface area contributed by atoms with E-state index in [0.717, 1.165) is 5.96 Å². The third-order valence-corrected chi connectivity index (χ3v) is 4.39. The van der Waals surface area contributed by atoms with Gasteiger partial charge >= 0.3 is 0 Å². The number of aliphatic imine (C=N–C) groups is 1. The molecule has 0 bridgehead atoms. The summed E-state index contributed by atoms with van der Waals surface area (Å²) in [5.41, 5.74) is 1.23. The zero-order chi connectivity index (χ0) is 16.9. The lowest BCUT2D eigenvalue weighted by Gasteiger charge is -2.18. The van der Waals surface area contributed by atoms with Crippen LogP contribution in [0.1, 0.15) is 5.56 Å². The highest BCUT2D eigenvalue weighted by Gasteiger charge is 2.11. The first-order valence-corrected chi connectivity index (χ1v) is 8.63. The van der Waals surface area contributed by atoms with E-state index in [9.17, 15) is 0 Å². The van der Waals surface area contributed by atoms with Gasteiger partial charge in [-0.2, -0.15) is 0 Å². The molecule has 0 spiro atoms. The molecule has 3 heteroatoms. The van der Waals surface area contributed by atoms with Gasteiger partial charge in [-0.1, -0.05) is 91.1 Å². The van der Waals surface area contributed by atoms with Crippen LogP contribution in [0.3, 0.4) is 0 Å². The summed E-state index contributed by atoms with van der Waals surface area (Å²) in [6.07, 6.45) is 16.7. The Morgan fingerprint density at radius 1 is 0.760 bits per heavy atom. The van der Waals surface area contributed by atoms with Gasteiger partial charge in [0.25, 0.3) is 0 Å². The van der Waals surface area contributed by atoms with E-state index >= 15 is 0 Å². The highest BCUT2D eigenvalue weighted by molar-refractivity contribution is 5.86. The maximum Gasteiger partial charge on any atom is 0.193 e. The van der Waals surface area contributed by atoms with Crippen LogP contribution in [0.2, 0.25) is 0 Å². The average molecular weight is 327 g/mol. The van der Waals surface area contributed by atoms with Crippen LogP contribution in [0, 0.1) is 0 Å². The van der Waals surface area contributed by atoms with Crippen molar-refractivity contribution in [3.05, 3.63) is 96.6 Å². The van der Waals surface area contributed by atoms with Crippen molar-refractivity contribution in [3.8, 4) is 0 Å². The van der Waals surface area contributed by atoms with Crippen LogP contribution in [0.5, 0.6) is 0 Å². The second-order valence-electron chi connectivity index (χ2n) is 6.18. The normalized spacial score (nSPS) is 16.0. The Balaban J connectivity index is 1.56. The fraction of sp³-hybridized carbons (Fsp3) is 0.136. The summed E-state index contributed by atoms with van der Waals surface area (Å²) in [6, 6.07) is 15.2. The van der Waals surface area contributed by atoms with Crippen LogP contribution < -0.4 is 10.6 Å². The van der Waals surface area contributed by atoms with Gasteiger partial charge in [0, 0.05) is 0 Å². The Morgan fingerprint density at radius 2 is 1.36 bits per heavy atom. The summed E-state index contributed by atoms with van der Waals surface area (Å²) < 4.78 is 0. The van der Waals surface area contributed by atoms with Gasteiger partial charge in [0.1, 0.15) is 0 Å². The molecular weight excluding hydrogens is 306 g/mol. The topological polar surface area (TPSA) is 36.4 Å². The molecule has 0 aliphatic heterocycles. The number of benzene rings is 2. The van der Waals surface area contributed by atoms with Crippen LogP contribution >= 0.6 is 0 Å². The minimum Gasteiger partial charge on any atom is -0.347 e. The second kappa shape index (κ2) is 7.22. The van der Waals surface area contributed by atoms with Crippen molar-refractivity contribution in [2.45, 2.75) is 18.6 Å². The first kappa shape index (κ1) is 15.5. The van der Waals surface area contributed by atoms with Crippen molar-refractivity contribution >= 4 is 16.7 Å². The predicted molar refractivity (Wildman–Crippen MR) is 105 cm³/mol. The number of nitrogens with zero attached hydrogens (tertiary/aromatic N) is 1. The Morgan fingerprint density at radius 3 is 2.04 bits per heavy atom. The van der Waals surface area contributed by atoms with E-state index in [1.165, 1.54) is 16.3 Å². The fourth-order valence-electron chi connectivity index (χ4n) is 3.10. The molecule has 0 saturated heterocycles. The first-order valence-electron chi connectivity index (χ1n) is 8.63. The van der Waals surface area contributed by atoms with Gasteiger partial charge in [0.2, 0.25) is 0 Å². The Kier molecular flexibility index (Phi) is 4.46. The van der Waals surface area contributed by atoms with Gasteiger partial charge < -0.3 is 10.6 Å². The molecule has 25 heavy (non-hydrogen) atoms. The SMILES string of the molecule is C1=CC(NC(=NCc2cccc3ccccc23)NC2C=CC=C2)C=C1. The lowest BCUT2D eigenvalue weighted by molar-refractivity contribution is 0.780. The predicted octanol–water partition coefficient (Wildman–Crippen LogP) is 3.86. The molecule has 2 aromatic rings. The monoisotopic (exact) mass is 327 g/mol. The summed E-state index contributed by atoms with van der Waals surface area (Å²) in [5.74, 6) is 0.815. The molecule has 2 aliphatic rings. The van der Waals surface area contributed by atoms with E-state index in [4.69, 9.17) is 4.99 Å². The Labute approximate surface area is 148 Å². The summed E-state index contributed by atoms with van der Waals surface area (Å²) >= 11 is 0. The minimum atomic E-state index is 0.188. The van der Waals surface area contributed by atoms with Crippen LogP contribution in [-0.4, -0.2) is 18.0 Å². The summed E-state index contributed by atoms with van der Waals surface area (Å²) in [4.78, 5) is 4.83. The van der Waals surface area contributed by atoms with Crippen molar-refractivity contribution in [3.63, 3.8) is 0 Å². The van der Waals surface area contributed by atoms with Gasteiger partial charge in [-0.15, -0.1) is 0 Å². The fourth-order valence-corrected chi connectivity index (χ4v) is 3.10. The number of hydrogen-bond acceptors (Lipinski definition) is 1. The summed E-state index contributed by atoms with van der Waals surface area (Å²) in [7, 11) is 0. The smallest absolute Gasteiger partial charge is 0.193 e. The van der Waals surface area contributed by atoms with E-state index in [0.29, 0.717) is 6.54 Å². The summed E-state index contributed by atoms with van der Waals surface area (Å²) in [6.45, 7) is 0.636. The molecular formula is C22H21N3. The standard InChI is InChI=1S/C22H21N3/c1-6-15-21-17(8-1)9-7-10-18(21)16-23-22(24-19-11-2-3-12-19)25-20-13-4-5-14-20/h1-15,19-20H,16H2,(H2,23,24,25).